The third-order valence-corrected chi connectivity index (χ3v) is 4.89. The summed E-state index contributed by atoms with van der Waals surface area (Å²) < 4.78 is 16.7. The highest BCUT2D eigenvalue weighted by atomic mass is 16.5. The second-order valence-corrected chi connectivity index (χ2v) is 6.85. The van der Waals surface area contributed by atoms with Crippen molar-refractivity contribution >= 4 is 6.03 Å². The molecule has 2 amide bonds. The number of carbonyl (C=O) groups is 1. The van der Waals surface area contributed by atoms with Crippen LogP contribution in [0.5, 0.6) is 5.75 Å². The topological polar surface area (TPSA) is 89.7 Å². The van der Waals surface area contributed by atoms with E-state index in [9.17, 15) is 4.79 Å². The molecular formula is C19H24N4O4. The minimum absolute atomic E-state index is 0.0313. The van der Waals surface area contributed by atoms with Gasteiger partial charge in [-0.05, 0) is 44.0 Å². The molecule has 8 heteroatoms. The molecule has 0 unspecified atom stereocenters. The maximum absolute atomic E-state index is 11.7. The van der Waals surface area contributed by atoms with E-state index in [4.69, 9.17) is 14.0 Å². The molecule has 2 aliphatic rings. The smallest absolute Gasteiger partial charge is 0.317 e. The zero-order valence-electron chi connectivity index (χ0n) is 15.4. The Bertz CT molecular complexity index is 764. The number of ether oxygens (including phenoxy) is 2. The summed E-state index contributed by atoms with van der Waals surface area (Å²) in [5.74, 6) is 2.34. The Morgan fingerprint density at radius 3 is 2.70 bits per heavy atom. The maximum Gasteiger partial charge on any atom is 0.317 e. The SMILES string of the molecule is CCNC(=O)N1CC(Oc2ccc(-c3noc(C4CCOCC4)n3)cc2)C1. The van der Waals surface area contributed by atoms with Gasteiger partial charge in [0, 0.05) is 31.2 Å². The molecule has 0 radical (unpaired) electrons. The Kier molecular flexibility index (Phi) is 5.24. The minimum atomic E-state index is -0.0369. The number of urea groups is 1. The number of rotatable bonds is 5. The molecule has 0 bridgehead atoms. The van der Waals surface area contributed by atoms with Crippen molar-refractivity contribution in [2.45, 2.75) is 31.8 Å². The molecule has 2 aromatic rings. The molecule has 8 nitrogen and oxygen atoms in total. The van der Waals surface area contributed by atoms with Crippen molar-refractivity contribution in [3.63, 3.8) is 0 Å². The van der Waals surface area contributed by atoms with Gasteiger partial charge in [-0.3, -0.25) is 0 Å². The number of likely N-dealkylation sites (tertiary alicyclic amines) is 1. The molecule has 0 spiro atoms. The number of nitrogens with one attached hydrogen (secondary N) is 1. The highest BCUT2D eigenvalue weighted by molar-refractivity contribution is 5.75. The fourth-order valence-electron chi connectivity index (χ4n) is 3.28. The molecule has 3 heterocycles. The number of hydrogen-bond acceptors (Lipinski definition) is 6. The predicted octanol–water partition coefficient (Wildman–Crippen LogP) is 2.42. The lowest BCUT2D eigenvalue weighted by atomic mass is 10.0. The van der Waals surface area contributed by atoms with Gasteiger partial charge in [0.15, 0.2) is 0 Å². The van der Waals surface area contributed by atoms with E-state index in [-0.39, 0.29) is 18.1 Å². The first-order chi connectivity index (χ1) is 13.2. The van der Waals surface area contributed by atoms with Gasteiger partial charge in [-0.15, -0.1) is 0 Å². The zero-order chi connectivity index (χ0) is 18.6. The quantitative estimate of drug-likeness (QED) is 0.867. The number of carbonyl (C=O) groups excluding carboxylic acids is 1. The molecule has 1 N–H and O–H groups in total. The largest absolute Gasteiger partial charge is 0.487 e. The van der Waals surface area contributed by atoms with Gasteiger partial charge >= 0.3 is 6.03 Å². The highest BCUT2D eigenvalue weighted by Crippen LogP contribution is 2.28. The monoisotopic (exact) mass is 372 g/mol. The van der Waals surface area contributed by atoms with Crippen LogP contribution in [0.1, 0.15) is 31.6 Å². The summed E-state index contributed by atoms with van der Waals surface area (Å²) in [6.07, 6.45) is 1.87. The molecule has 4 rings (SSSR count). The van der Waals surface area contributed by atoms with Crippen LogP contribution in [0.2, 0.25) is 0 Å². The Labute approximate surface area is 157 Å². The fraction of sp³-hybridized carbons (Fsp3) is 0.526. The Hall–Kier alpha value is -2.61. The van der Waals surface area contributed by atoms with Crippen LogP contribution in [-0.2, 0) is 4.74 Å². The first kappa shape index (κ1) is 17.8. The Balaban J connectivity index is 1.32. The average Bonchev–Trinajstić information content (AvgIpc) is 3.16. The highest BCUT2D eigenvalue weighted by Gasteiger charge is 2.32. The van der Waals surface area contributed by atoms with E-state index < -0.39 is 0 Å². The summed E-state index contributed by atoms with van der Waals surface area (Å²) in [5, 5.41) is 6.89. The molecule has 1 aromatic carbocycles. The molecule has 2 fully saturated rings. The van der Waals surface area contributed by atoms with E-state index in [1.165, 1.54) is 0 Å². The summed E-state index contributed by atoms with van der Waals surface area (Å²) in [7, 11) is 0. The lowest BCUT2D eigenvalue weighted by Gasteiger charge is -2.38. The fourth-order valence-corrected chi connectivity index (χ4v) is 3.28. The molecule has 2 saturated heterocycles. The summed E-state index contributed by atoms with van der Waals surface area (Å²) in [5.41, 5.74) is 0.891. The molecular weight excluding hydrogens is 348 g/mol. The van der Waals surface area contributed by atoms with Crippen molar-refractivity contribution in [1.82, 2.24) is 20.4 Å². The average molecular weight is 372 g/mol. The van der Waals surface area contributed by atoms with Crippen LogP contribution in [0.4, 0.5) is 4.79 Å². The maximum atomic E-state index is 11.7. The second kappa shape index (κ2) is 7.96. The van der Waals surface area contributed by atoms with Crippen LogP contribution in [0.25, 0.3) is 11.4 Å². The van der Waals surface area contributed by atoms with Gasteiger partial charge in [-0.25, -0.2) is 4.79 Å². The van der Waals surface area contributed by atoms with E-state index in [0.29, 0.717) is 31.3 Å². The summed E-state index contributed by atoms with van der Waals surface area (Å²) in [6, 6.07) is 7.61. The van der Waals surface area contributed by atoms with Crippen molar-refractivity contribution < 1.29 is 18.8 Å². The van der Waals surface area contributed by atoms with Gasteiger partial charge in [-0.1, -0.05) is 5.16 Å². The minimum Gasteiger partial charge on any atom is -0.487 e. The van der Waals surface area contributed by atoms with Crippen LogP contribution >= 0.6 is 0 Å². The van der Waals surface area contributed by atoms with Gasteiger partial charge in [0.05, 0.1) is 13.1 Å². The summed E-state index contributed by atoms with van der Waals surface area (Å²) in [6.45, 7) is 5.23. The van der Waals surface area contributed by atoms with E-state index in [1.54, 1.807) is 4.90 Å². The van der Waals surface area contributed by atoms with Crippen LogP contribution in [0.3, 0.4) is 0 Å². The van der Waals surface area contributed by atoms with Gasteiger partial charge in [0.2, 0.25) is 11.7 Å². The standard InChI is InChI=1S/C19H24N4O4/c1-2-20-19(24)23-11-16(12-23)26-15-5-3-13(4-6-15)17-21-18(27-22-17)14-7-9-25-10-8-14/h3-6,14,16H,2,7-12H2,1H3,(H,20,24). The lowest BCUT2D eigenvalue weighted by Crippen LogP contribution is -2.58. The van der Waals surface area contributed by atoms with E-state index in [0.717, 1.165) is 37.4 Å². The summed E-state index contributed by atoms with van der Waals surface area (Å²) in [4.78, 5) is 18.0. The molecule has 0 aliphatic carbocycles. The summed E-state index contributed by atoms with van der Waals surface area (Å²) >= 11 is 0. The number of aromatic nitrogens is 2. The number of amides is 2. The molecule has 0 atom stereocenters. The first-order valence-corrected chi connectivity index (χ1v) is 9.44. The zero-order valence-corrected chi connectivity index (χ0v) is 15.4. The van der Waals surface area contributed by atoms with Crippen LogP contribution < -0.4 is 10.1 Å². The van der Waals surface area contributed by atoms with Crippen LogP contribution in [-0.4, -0.2) is 60.0 Å². The van der Waals surface area contributed by atoms with Crippen molar-refractivity contribution in [3.8, 4) is 17.1 Å². The number of hydrogen-bond donors (Lipinski definition) is 1. The van der Waals surface area contributed by atoms with E-state index in [2.05, 4.69) is 15.5 Å². The van der Waals surface area contributed by atoms with Gasteiger partial charge in [0.25, 0.3) is 0 Å². The predicted molar refractivity (Wildman–Crippen MR) is 97.6 cm³/mol. The first-order valence-electron chi connectivity index (χ1n) is 9.44. The third-order valence-electron chi connectivity index (χ3n) is 4.89. The Morgan fingerprint density at radius 1 is 1.26 bits per heavy atom. The van der Waals surface area contributed by atoms with Crippen molar-refractivity contribution in [3.05, 3.63) is 30.2 Å². The molecule has 0 saturated carbocycles. The van der Waals surface area contributed by atoms with E-state index >= 15 is 0 Å². The van der Waals surface area contributed by atoms with Gasteiger partial charge < -0.3 is 24.2 Å². The van der Waals surface area contributed by atoms with Crippen molar-refractivity contribution in [1.29, 1.82) is 0 Å². The third kappa shape index (κ3) is 4.05. The normalized spacial score (nSPS) is 18.2. The lowest BCUT2D eigenvalue weighted by molar-refractivity contribution is 0.0447. The molecule has 2 aliphatic heterocycles. The van der Waals surface area contributed by atoms with Crippen molar-refractivity contribution in [2.24, 2.45) is 0 Å². The van der Waals surface area contributed by atoms with Gasteiger partial charge in [0.1, 0.15) is 11.9 Å². The second-order valence-electron chi connectivity index (χ2n) is 6.85. The number of nitrogens with zero attached hydrogens (tertiary/aromatic N) is 3. The Morgan fingerprint density at radius 2 is 2.00 bits per heavy atom. The van der Waals surface area contributed by atoms with E-state index in [1.807, 2.05) is 31.2 Å². The van der Waals surface area contributed by atoms with Crippen LogP contribution in [0.15, 0.2) is 28.8 Å². The van der Waals surface area contributed by atoms with Crippen molar-refractivity contribution in [2.75, 3.05) is 32.8 Å². The molecule has 144 valence electrons. The molecule has 1 aromatic heterocycles. The molecule has 27 heavy (non-hydrogen) atoms. The van der Waals surface area contributed by atoms with Gasteiger partial charge in [-0.2, -0.15) is 4.98 Å². The van der Waals surface area contributed by atoms with Crippen LogP contribution in [0, 0.1) is 0 Å². The number of benzene rings is 1.